The number of hydrogen-bond acceptors (Lipinski definition) is 7. The van der Waals surface area contributed by atoms with Gasteiger partial charge < -0.3 is 35.5 Å². The van der Waals surface area contributed by atoms with Crippen molar-refractivity contribution in [1.29, 1.82) is 0 Å². The van der Waals surface area contributed by atoms with Gasteiger partial charge in [0.25, 0.3) is 0 Å². The Labute approximate surface area is 161 Å². The maximum absolute atomic E-state index is 12.4. The van der Waals surface area contributed by atoms with E-state index < -0.39 is 31.0 Å². The normalized spacial score (nSPS) is 20.1. The molecule has 0 spiro atoms. The lowest BCUT2D eigenvalue weighted by atomic mass is 9.85. The first kappa shape index (κ1) is 24.3. The Morgan fingerprint density at radius 2 is 1.56 bits per heavy atom. The van der Waals surface area contributed by atoms with Gasteiger partial charge >= 0.3 is 0 Å². The van der Waals surface area contributed by atoms with E-state index in [1.54, 1.807) is 0 Å². The van der Waals surface area contributed by atoms with E-state index in [-0.39, 0.29) is 25.6 Å². The van der Waals surface area contributed by atoms with Crippen LogP contribution in [0.5, 0.6) is 0 Å². The van der Waals surface area contributed by atoms with Crippen molar-refractivity contribution in [3.8, 4) is 0 Å². The molecule has 0 aliphatic heterocycles. The van der Waals surface area contributed by atoms with Crippen LogP contribution in [-0.4, -0.2) is 92.2 Å². The van der Waals surface area contributed by atoms with E-state index in [2.05, 4.69) is 0 Å². The van der Waals surface area contributed by atoms with Crippen molar-refractivity contribution in [2.45, 2.75) is 82.2 Å². The Balaban J connectivity index is 2.39. The van der Waals surface area contributed by atoms with Gasteiger partial charge in [-0.2, -0.15) is 0 Å². The van der Waals surface area contributed by atoms with Crippen LogP contribution in [-0.2, 0) is 4.79 Å². The molecule has 8 heteroatoms. The van der Waals surface area contributed by atoms with Crippen LogP contribution in [0.1, 0.15) is 57.8 Å². The highest BCUT2D eigenvalue weighted by molar-refractivity contribution is 5.76. The van der Waals surface area contributed by atoms with Crippen LogP contribution >= 0.6 is 0 Å². The molecule has 1 fully saturated rings. The molecule has 0 aromatic carbocycles. The SMILES string of the molecule is O=C(CCCCC1CCCCC1)N(CCO)C[C@H](O)[C@@H](O)[C@H](O)[C@H](O)CO. The van der Waals surface area contributed by atoms with E-state index in [4.69, 9.17) is 10.2 Å². The summed E-state index contributed by atoms with van der Waals surface area (Å²) in [6.07, 6.45) is 3.07. The van der Waals surface area contributed by atoms with Gasteiger partial charge in [0.15, 0.2) is 0 Å². The summed E-state index contributed by atoms with van der Waals surface area (Å²) in [6.45, 7) is -1.29. The van der Waals surface area contributed by atoms with Crippen molar-refractivity contribution in [1.82, 2.24) is 4.90 Å². The van der Waals surface area contributed by atoms with Crippen molar-refractivity contribution in [2.75, 3.05) is 26.3 Å². The minimum atomic E-state index is -1.73. The minimum absolute atomic E-state index is 0.0177. The van der Waals surface area contributed by atoms with Crippen LogP contribution in [0.2, 0.25) is 0 Å². The third-order valence-corrected chi connectivity index (χ3v) is 5.43. The fourth-order valence-corrected chi connectivity index (χ4v) is 3.68. The van der Waals surface area contributed by atoms with Crippen LogP contribution < -0.4 is 0 Å². The van der Waals surface area contributed by atoms with E-state index in [1.165, 1.54) is 37.0 Å². The first-order valence-corrected chi connectivity index (χ1v) is 10.1. The Bertz CT molecular complexity index is 404. The Morgan fingerprint density at radius 1 is 0.926 bits per heavy atom. The molecule has 8 nitrogen and oxygen atoms in total. The average molecular weight is 392 g/mol. The molecule has 160 valence electrons. The monoisotopic (exact) mass is 391 g/mol. The Hall–Kier alpha value is -0.770. The summed E-state index contributed by atoms with van der Waals surface area (Å²) in [5.74, 6) is 0.537. The summed E-state index contributed by atoms with van der Waals surface area (Å²) in [5, 5.41) is 56.9. The standard InChI is InChI=1S/C19H37NO7/c21-11-10-20(12-15(23)18(26)19(27)16(24)13-22)17(25)9-5-4-8-14-6-2-1-3-7-14/h14-16,18-19,21-24,26-27H,1-13H2/t15-,16+,18+,19+/m0/s1. The van der Waals surface area contributed by atoms with E-state index >= 15 is 0 Å². The molecule has 0 heterocycles. The van der Waals surface area contributed by atoms with Crippen molar-refractivity contribution in [3.05, 3.63) is 0 Å². The molecule has 1 amide bonds. The third-order valence-electron chi connectivity index (χ3n) is 5.43. The first-order valence-electron chi connectivity index (χ1n) is 10.1. The van der Waals surface area contributed by atoms with Crippen molar-refractivity contribution in [2.24, 2.45) is 5.92 Å². The molecule has 0 radical (unpaired) electrons. The van der Waals surface area contributed by atoms with Gasteiger partial charge in [0.2, 0.25) is 5.91 Å². The van der Waals surface area contributed by atoms with Gasteiger partial charge in [-0.25, -0.2) is 0 Å². The number of rotatable bonds is 13. The lowest BCUT2D eigenvalue weighted by molar-refractivity contribution is -0.140. The lowest BCUT2D eigenvalue weighted by Crippen LogP contribution is -2.51. The van der Waals surface area contributed by atoms with E-state index in [9.17, 15) is 25.2 Å². The van der Waals surface area contributed by atoms with Crippen LogP contribution in [0.25, 0.3) is 0 Å². The highest BCUT2D eigenvalue weighted by atomic mass is 16.4. The number of carbonyl (C=O) groups is 1. The largest absolute Gasteiger partial charge is 0.395 e. The van der Waals surface area contributed by atoms with E-state index in [0.717, 1.165) is 25.2 Å². The van der Waals surface area contributed by atoms with Crippen molar-refractivity contribution < 1.29 is 35.4 Å². The second kappa shape index (κ2) is 13.4. The number of hydrogen-bond donors (Lipinski definition) is 6. The lowest BCUT2D eigenvalue weighted by Gasteiger charge is -2.30. The zero-order valence-electron chi connectivity index (χ0n) is 16.1. The number of unbranched alkanes of at least 4 members (excludes halogenated alkanes) is 1. The van der Waals surface area contributed by atoms with Gasteiger partial charge in [-0.05, 0) is 12.3 Å². The zero-order valence-corrected chi connectivity index (χ0v) is 16.1. The fraction of sp³-hybridized carbons (Fsp3) is 0.947. The molecule has 4 atom stereocenters. The number of carbonyl (C=O) groups excluding carboxylic acids is 1. The highest BCUT2D eigenvalue weighted by Gasteiger charge is 2.31. The van der Waals surface area contributed by atoms with Gasteiger partial charge in [-0.15, -0.1) is 0 Å². The van der Waals surface area contributed by atoms with E-state index in [1.807, 2.05) is 0 Å². The maximum atomic E-state index is 12.4. The van der Waals surface area contributed by atoms with Crippen LogP contribution in [0.3, 0.4) is 0 Å². The molecule has 1 saturated carbocycles. The Morgan fingerprint density at radius 3 is 2.15 bits per heavy atom. The molecule has 27 heavy (non-hydrogen) atoms. The molecule has 0 saturated heterocycles. The van der Waals surface area contributed by atoms with Gasteiger partial charge in [-0.3, -0.25) is 4.79 Å². The molecule has 0 bridgehead atoms. The molecule has 1 aliphatic carbocycles. The highest BCUT2D eigenvalue weighted by Crippen LogP contribution is 2.27. The summed E-state index contributed by atoms with van der Waals surface area (Å²) >= 11 is 0. The van der Waals surface area contributed by atoms with Gasteiger partial charge in [0, 0.05) is 19.5 Å². The molecule has 0 aromatic heterocycles. The topological polar surface area (TPSA) is 142 Å². The molecule has 6 N–H and O–H groups in total. The molecule has 1 rings (SSSR count). The first-order chi connectivity index (χ1) is 12.9. The molecule has 0 unspecified atom stereocenters. The predicted octanol–water partition coefficient (Wildman–Crippen LogP) is -0.616. The van der Waals surface area contributed by atoms with Gasteiger partial charge in [0.05, 0.1) is 13.2 Å². The summed E-state index contributed by atoms with van der Waals surface area (Å²) in [4.78, 5) is 13.6. The van der Waals surface area contributed by atoms with Gasteiger partial charge in [-0.1, -0.05) is 44.9 Å². The second-order valence-electron chi connectivity index (χ2n) is 7.61. The Kier molecular flexibility index (Phi) is 12.1. The molecule has 0 aromatic rings. The number of aliphatic hydroxyl groups excluding tert-OH is 6. The summed E-state index contributed by atoms with van der Waals surface area (Å²) < 4.78 is 0. The third kappa shape index (κ3) is 8.85. The predicted molar refractivity (Wildman–Crippen MR) is 99.8 cm³/mol. The van der Waals surface area contributed by atoms with Crippen LogP contribution in [0.15, 0.2) is 0 Å². The molecule has 1 aliphatic rings. The number of amides is 1. The minimum Gasteiger partial charge on any atom is -0.395 e. The van der Waals surface area contributed by atoms with E-state index in [0.29, 0.717) is 6.42 Å². The fourth-order valence-electron chi connectivity index (χ4n) is 3.68. The van der Waals surface area contributed by atoms with Gasteiger partial charge in [0.1, 0.15) is 24.4 Å². The number of aliphatic hydroxyl groups is 6. The number of nitrogens with zero attached hydrogens (tertiary/aromatic N) is 1. The summed E-state index contributed by atoms with van der Waals surface area (Å²) in [6, 6.07) is 0. The van der Waals surface area contributed by atoms with Crippen molar-refractivity contribution >= 4 is 5.91 Å². The quantitative estimate of drug-likeness (QED) is 0.230. The summed E-state index contributed by atoms with van der Waals surface area (Å²) in [7, 11) is 0. The maximum Gasteiger partial charge on any atom is 0.222 e. The summed E-state index contributed by atoms with van der Waals surface area (Å²) in [5.41, 5.74) is 0. The van der Waals surface area contributed by atoms with Crippen LogP contribution in [0.4, 0.5) is 0 Å². The molecular weight excluding hydrogens is 354 g/mol. The van der Waals surface area contributed by atoms with Crippen LogP contribution in [0, 0.1) is 5.92 Å². The zero-order chi connectivity index (χ0) is 20.2. The second-order valence-corrected chi connectivity index (χ2v) is 7.61. The molecular formula is C19H37NO7. The smallest absolute Gasteiger partial charge is 0.222 e. The average Bonchev–Trinajstić information content (AvgIpc) is 2.69. The van der Waals surface area contributed by atoms with Crippen molar-refractivity contribution in [3.63, 3.8) is 0 Å².